The molecule has 7 nitrogen and oxygen atoms in total. The van der Waals surface area contributed by atoms with Gasteiger partial charge < -0.3 is 15.5 Å². The van der Waals surface area contributed by atoms with E-state index in [2.05, 4.69) is 29.5 Å². The van der Waals surface area contributed by atoms with Crippen molar-refractivity contribution < 1.29 is 18.8 Å². The minimum absolute atomic E-state index is 0.111. The van der Waals surface area contributed by atoms with Crippen molar-refractivity contribution >= 4 is 34.2 Å². The number of nitrogens with one attached hydrogen (secondary N) is 2. The molecule has 9 heteroatoms. The van der Waals surface area contributed by atoms with Crippen molar-refractivity contribution in [1.82, 2.24) is 15.2 Å². The molecule has 0 spiro atoms. The predicted octanol–water partition coefficient (Wildman–Crippen LogP) is 3.48. The van der Waals surface area contributed by atoms with Gasteiger partial charge in [-0.15, -0.1) is 11.3 Å². The molecule has 2 rings (SSSR count). The molecule has 3 amide bonds. The minimum atomic E-state index is -0.432. The third kappa shape index (κ3) is 8.09. The molecule has 0 aliphatic rings. The molecule has 2 N–H and O–H groups in total. The van der Waals surface area contributed by atoms with Crippen LogP contribution in [0, 0.1) is 11.7 Å². The molecule has 0 saturated carbocycles. The largest absolute Gasteiger partial charge is 0.356 e. The van der Waals surface area contributed by atoms with Gasteiger partial charge in [0.15, 0.2) is 5.13 Å². The Balaban J connectivity index is 1.91. The maximum Gasteiger partial charge on any atom is 0.254 e. The van der Waals surface area contributed by atoms with Crippen molar-refractivity contribution in [2.24, 2.45) is 5.92 Å². The van der Waals surface area contributed by atoms with Crippen molar-refractivity contribution in [3.05, 3.63) is 46.7 Å². The fraction of sp³-hybridized carbons (Fsp3) is 0.455. The summed E-state index contributed by atoms with van der Waals surface area (Å²) in [7, 11) is 0. The van der Waals surface area contributed by atoms with Crippen LogP contribution in [-0.4, -0.2) is 46.7 Å². The van der Waals surface area contributed by atoms with Crippen LogP contribution in [0.1, 0.15) is 50.2 Å². The van der Waals surface area contributed by atoms with E-state index in [1.807, 2.05) is 0 Å². The molecule has 0 saturated heterocycles. The van der Waals surface area contributed by atoms with Gasteiger partial charge in [-0.25, -0.2) is 9.37 Å². The van der Waals surface area contributed by atoms with Gasteiger partial charge in [0.25, 0.3) is 5.91 Å². The van der Waals surface area contributed by atoms with Crippen LogP contribution in [0.5, 0.6) is 0 Å². The standard InChI is InChI=1S/C22H29FN4O3S/c1-14(2)9-10-24-19(28)11-18-13-31-22(25-18)26-20(29)12-27(15(3)4)21(30)16-5-7-17(23)8-6-16/h5-8,13-15H,9-12H2,1-4H3,(H,24,28)(H,25,26,29). The Hall–Kier alpha value is -2.81. The molecule has 1 aromatic carbocycles. The van der Waals surface area contributed by atoms with Gasteiger partial charge >= 0.3 is 0 Å². The second-order valence-corrected chi connectivity index (χ2v) is 8.79. The first-order valence-electron chi connectivity index (χ1n) is 10.2. The van der Waals surface area contributed by atoms with Gasteiger partial charge in [0.05, 0.1) is 12.1 Å². The maximum absolute atomic E-state index is 13.1. The number of hydrogen-bond donors (Lipinski definition) is 2. The summed E-state index contributed by atoms with van der Waals surface area (Å²) in [5, 5.41) is 7.62. The van der Waals surface area contributed by atoms with Crippen LogP contribution in [0.4, 0.5) is 9.52 Å². The Bertz CT molecular complexity index is 896. The third-order valence-electron chi connectivity index (χ3n) is 4.47. The molecule has 1 heterocycles. The zero-order chi connectivity index (χ0) is 23.0. The summed E-state index contributed by atoms with van der Waals surface area (Å²) in [6.07, 6.45) is 1.05. The monoisotopic (exact) mass is 448 g/mol. The highest BCUT2D eigenvalue weighted by Crippen LogP contribution is 2.16. The molecule has 0 aliphatic carbocycles. The first-order valence-corrected chi connectivity index (χ1v) is 11.1. The van der Waals surface area contributed by atoms with Crippen molar-refractivity contribution in [2.45, 2.75) is 46.6 Å². The first kappa shape index (κ1) is 24.5. The van der Waals surface area contributed by atoms with Gasteiger partial charge in [-0.3, -0.25) is 14.4 Å². The quantitative estimate of drug-likeness (QED) is 0.582. The number of amides is 3. The molecule has 1 aromatic heterocycles. The topological polar surface area (TPSA) is 91.4 Å². The number of rotatable bonds is 10. The van der Waals surface area contributed by atoms with E-state index < -0.39 is 11.7 Å². The molecule has 2 aromatic rings. The van der Waals surface area contributed by atoms with Crippen LogP contribution in [0.2, 0.25) is 0 Å². The molecule has 0 unspecified atom stereocenters. The summed E-state index contributed by atoms with van der Waals surface area (Å²) in [6, 6.07) is 4.97. The van der Waals surface area contributed by atoms with Gasteiger partial charge in [-0.05, 0) is 50.5 Å². The molecule has 31 heavy (non-hydrogen) atoms. The molecule has 0 bridgehead atoms. The van der Waals surface area contributed by atoms with E-state index in [1.165, 1.54) is 40.5 Å². The lowest BCUT2D eigenvalue weighted by Gasteiger charge is -2.26. The first-order chi connectivity index (χ1) is 14.7. The fourth-order valence-electron chi connectivity index (χ4n) is 2.73. The normalized spacial score (nSPS) is 10.9. The number of hydrogen-bond acceptors (Lipinski definition) is 5. The second kappa shape index (κ2) is 11.5. The van der Waals surface area contributed by atoms with Gasteiger partial charge in [-0.1, -0.05) is 13.8 Å². The fourth-order valence-corrected chi connectivity index (χ4v) is 3.46. The number of thiazole rings is 1. The SMILES string of the molecule is CC(C)CCNC(=O)Cc1csc(NC(=O)CN(C(=O)c2ccc(F)cc2)C(C)C)n1. The van der Waals surface area contributed by atoms with Crippen LogP contribution in [0.25, 0.3) is 0 Å². The lowest BCUT2D eigenvalue weighted by molar-refractivity contribution is -0.120. The van der Waals surface area contributed by atoms with E-state index in [0.29, 0.717) is 28.9 Å². The van der Waals surface area contributed by atoms with Gasteiger partial charge in [0.1, 0.15) is 12.4 Å². The molecule has 0 radical (unpaired) electrons. The Morgan fingerprint density at radius 2 is 1.77 bits per heavy atom. The van der Waals surface area contributed by atoms with Gasteiger partial charge in [0, 0.05) is 23.5 Å². The molecule has 0 atom stereocenters. The van der Waals surface area contributed by atoms with Crippen LogP contribution in [-0.2, 0) is 16.0 Å². The predicted molar refractivity (Wildman–Crippen MR) is 119 cm³/mol. The van der Waals surface area contributed by atoms with E-state index in [-0.39, 0.29) is 30.8 Å². The number of aromatic nitrogens is 1. The van der Waals surface area contributed by atoms with Crippen LogP contribution < -0.4 is 10.6 Å². The Morgan fingerprint density at radius 3 is 2.39 bits per heavy atom. The maximum atomic E-state index is 13.1. The smallest absolute Gasteiger partial charge is 0.254 e. The van der Waals surface area contributed by atoms with Crippen LogP contribution in [0.3, 0.4) is 0 Å². The third-order valence-corrected chi connectivity index (χ3v) is 5.28. The number of halogens is 1. The molecular weight excluding hydrogens is 419 g/mol. The van der Waals surface area contributed by atoms with Crippen molar-refractivity contribution in [3.63, 3.8) is 0 Å². The van der Waals surface area contributed by atoms with E-state index in [0.717, 1.165) is 6.42 Å². The number of nitrogens with zero attached hydrogens (tertiary/aromatic N) is 2. The summed E-state index contributed by atoms with van der Waals surface area (Å²) in [5.41, 5.74) is 0.883. The Morgan fingerprint density at radius 1 is 1.10 bits per heavy atom. The number of anilines is 1. The van der Waals surface area contributed by atoms with Crippen molar-refractivity contribution in [1.29, 1.82) is 0 Å². The average Bonchev–Trinajstić information content (AvgIpc) is 3.12. The zero-order valence-corrected chi connectivity index (χ0v) is 19.1. The highest BCUT2D eigenvalue weighted by atomic mass is 32.1. The average molecular weight is 449 g/mol. The van der Waals surface area contributed by atoms with Gasteiger partial charge in [0.2, 0.25) is 11.8 Å². The Kier molecular flexibility index (Phi) is 9.11. The Labute approximate surface area is 186 Å². The zero-order valence-electron chi connectivity index (χ0n) is 18.3. The number of carbonyl (C=O) groups excluding carboxylic acids is 3. The molecular formula is C22H29FN4O3S. The summed E-state index contributed by atoms with van der Waals surface area (Å²) < 4.78 is 13.1. The van der Waals surface area contributed by atoms with E-state index in [4.69, 9.17) is 0 Å². The lowest BCUT2D eigenvalue weighted by Crippen LogP contribution is -2.42. The summed E-state index contributed by atoms with van der Waals surface area (Å²) >= 11 is 1.22. The van der Waals surface area contributed by atoms with Crippen molar-refractivity contribution in [2.75, 3.05) is 18.4 Å². The number of benzene rings is 1. The van der Waals surface area contributed by atoms with E-state index in [1.54, 1.807) is 19.2 Å². The van der Waals surface area contributed by atoms with E-state index >= 15 is 0 Å². The van der Waals surface area contributed by atoms with Crippen LogP contribution in [0.15, 0.2) is 29.6 Å². The lowest BCUT2D eigenvalue weighted by atomic mass is 10.1. The summed E-state index contributed by atoms with van der Waals surface area (Å²) in [6.45, 7) is 8.24. The van der Waals surface area contributed by atoms with Crippen LogP contribution >= 0.6 is 11.3 Å². The number of carbonyl (C=O) groups is 3. The molecule has 0 fully saturated rings. The van der Waals surface area contributed by atoms with Crippen molar-refractivity contribution in [3.8, 4) is 0 Å². The molecule has 0 aliphatic heterocycles. The van der Waals surface area contributed by atoms with E-state index in [9.17, 15) is 18.8 Å². The second-order valence-electron chi connectivity index (χ2n) is 7.94. The summed E-state index contributed by atoms with van der Waals surface area (Å²) in [5.74, 6) is -0.783. The van der Waals surface area contributed by atoms with Gasteiger partial charge in [-0.2, -0.15) is 0 Å². The molecule has 168 valence electrons. The minimum Gasteiger partial charge on any atom is -0.356 e. The highest BCUT2D eigenvalue weighted by Gasteiger charge is 2.22. The summed E-state index contributed by atoms with van der Waals surface area (Å²) in [4.78, 5) is 42.8. The highest BCUT2D eigenvalue weighted by molar-refractivity contribution is 7.13.